The molecule has 2 aromatic carbocycles. The summed E-state index contributed by atoms with van der Waals surface area (Å²) < 4.78 is 40.1. The summed E-state index contributed by atoms with van der Waals surface area (Å²) >= 11 is 0. The number of halogens is 1. The first kappa shape index (κ1) is 19.1. The van der Waals surface area contributed by atoms with Crippen molar-refractivity contribution in [3.8, 4) is 11.3 Å². The minimum Gasteiger partial charge on any atom is -0.298 e. The maximum atomic E-state index is 13.1. The highest BCUT2D eigenvalue weighted by molar-refractivity contribution is 7.89. The van der Waals surface area contributed by atoms with Gasteiger partial charge in [-0.3, -0.25) is 20.7 Å². The topological polar surface area (TPSA) is 116 Å². The third kappa shape index (κ3) is 4.44. The van der Waals surface area contributed by atoms with E-state index in [1.54, 1.807) is 24.3 Å². The lowest BCUT2D eigenvalue weighted by Gasteiger charge is -2.10. The highest BCUT2D eigenvalue weighted by atomic mass is 32.2. The molecule has 0 aliphatic heterocycles. The van der Waals surface area contributed by atoms with Gasteiger partial charge in [0.1, 0.15) is 5.82 Å². The van der Waals surface area contributed by atoms with Crippen LogP contribution < -0.4 is 15.6 Å². The minimum absolute atomic E-state index is 0.0300. The summed E-state index contributed by atoms with van der Waals surface area (Å²) in [4.78, 5) is 12.6. The third-order valence-electron chi connectivity index (χ3n) is 4.40. The number of hydrazine groups is 1. The number of aromatic amines is 1. The van der Waals surface area contributed by atoms with Gasteiger partial charge in [-0.05, 0) is 61.4 Å². The number of benzene rings is 2. The molecule has 1 aromatic heterocycles. The summed E-state index contributed by atoms with van der Waals surface area (Å²) in [6.45, 7) is 0. The van der Waals surface area contributed by atoms with E-state index in [-0.39, 0.29) is 22.3 Å². The Labute approximate surface area is 166 Å². The monoisotopic (exact) mass is 415 g/mol. The largest absolute Gasteiger partial charge is 0.298 e. The van der Waals surface area contributed by atoms with Crippen molar-refractivity contribution in [3.63, 3.8) is 0 Å². The van der Waals surface area contributed by atoms with E-state index in [1.807, 2.05) is 0 Å². The number of nitrogens with zero attached hydrogens (tertiary/aromatic N) is 1. The first-order valence-corrected chi connectivity index (χ1v) is 10.4. The molecule has 10 heteroatoms. The summed E-state index contributed by atoms with van der Waals surface area (Å²) in [6, 6.07) is 11.7. The number of rotatable bonds is 7. The van der Waals surface area contributed by atoms with Gasteiger partial charge < -0.3 is 0 Å². The molecule has 0 bridgehead atoms. The first-order chi connectivity index (χ1) is 13.9. The first-order valence-electron chi connectivity index (χ1n) is 8.90. The highest BCUT2D eigenvalue weighted by Gasteiger charge is 2.27. The molecule has 150 valence electrons. The van der Waals surface area contributed by atoms with Crippen LogP contribution in [0, 0.1) is 5.82 Å². The van der Waals surface area contributed by atoms with Crippen LogP contribution in [0.15, 0.2) is 59.6 Å². The number of hydrogen-bond donors (Lipinski definition) is 4. The van der Waals surface area contributed by atoms with Crippen LogP contribution in [0.1, 0.15) is 23.2 Å². The average Bonchev–Trinajstić information content (AvgIpc) is 3.37. The lowest BCUT2D eigenvalue weighted by atomic mass is 10.1. The van der Waals surface area contributed by atoms with Gasteiger partial charge in [-0.15, -0.1) is 0 Å². The number of hydrogen-bond acceptors (Lipinski definition) is 5. The number of amides is 1. The summed E-state index contributed by atoms with van der Waals surface area (Å²) in [7, 11) is -3.52. The van der Waals surface area contributed by atoms with E-state index in [1.165, 1.54) is 30.5 Å². The molecule has 0 radical (unpaired) electrons. The molecular weight excluding hydrogens is 397 g/mol. The van der Waals surface area contributed by atoms with Gasteiger partial charge in [0.25, 0.3) is 5.91 Å². The Morgan fingerprint density at radius 3 is 2.41 bits per heavy atom. The number of sulfonamides is 1. The second-order valence-electron chi connectivity index (χ2n) is 6.66. The van der Waals surface area contributed by atoms with E-state index < -0.39 is 15.9 Å². The van der Waals surface area contributed by atoms with Crippen molar-refractivity contribution in [2.75, 3.05) is 5.43 Å². The van der Waals surface area contributed by atoms with Crippen molar-refractivity contribution < 1.29 is 17.6 Å². The molecule has 0 spiro atoms. The Hall–Kier alpha value is -3.24. The standard InChI is InChI=1S/C19H18FN5O3S/c20-13-3-1-12(2-4-13)18-17(11-21-23-18)19(26)24-22-14-7-9-16(10-8-14)29(27,28)25-15-5-6-15/h1-4,7-11,15,22,25H,5-6H2,(H,21,23)(H,24,26). The lowest BCUT2D eigenvalue weighted by molar-refractivity contribution is 0.0963. The molecule has 4 N–H and O–H groups in total. The molecule has 3 aromatic rings. The number of carbonyl (C=O) groups excluding carboxylic acids is 1. The molecule has 0 unspecified atom stereocenters. The van der Waals surface area contributed by atoms with Crippen LogP contribution >= 0.6 is 0 Å². The molecule has 1 saturated carbocycles. The Balaban J connectivity index is 1.41. The van der Waals surface area contributed by atoms with E-state index >= 15 is 0 Å². The number of anilines is 1. The molecule has 29 heavy (non-hydrogen) atoms. The number of aromatic nitrogens is 2. The fourth-order valence-electron chi connectivity index (χ4n) is 2.70. The van der Waals surface area contributed by atoms with Gasteiger partial charge in [0, 0.05) is 11.6 Å². The number of nitrogens with one attached hydrogen (secondary N) is 4. The van der Waals surface area contributed by atoms with Crippen LogP contribution in [0.3, 0.4) is 0 Å². The molecule has 1 aliphatic carbocycles. The maximum absolute atomic E-state index is 13.1. The summed E-state index contributed by atoms with van der Waals surface area (Å²) in [5.74, 6) is -0.830. The van der Waals surface area contributed by atoms with E-state index in [0.29, 0.717) is 16.9 Å². The van der Waals surface area contributed by atoms with Crippen LogP contribution in [0.2, 0.25) is 0 Å². The van der Waals surface area contributed by atoms with E-state index in [2.05, 4.69) is 25.8 Å². The normalized spacial score (nSPS) is 13.8. The van der Waals surface area contributed by atoms with Gasteiger partial charge in [-0.2, -0.15) is 5.10 Å². The SMILES string of the molecule is O=C(NNc1ccc(S(=O)(=O)NC2CC2)cc1)c1cn[nH]c1-c1ccc(F)cc1. The Morgan fingerprint density at radius 2 is 1.76 bits per heavy atom. The van der Waals surface area contributed by atoms with Crippen molar-refractivity contribution in [3.05, 3.63) is 66.1 Å². The zero-order valence-electron chi connectivity index (χ0n) is 15.1. The Bertz CT molecular complexity index is 1120. The van der Waals surface area contributed by atoms with Crippen molar-refractivity contribution in [2.24, 2.45) is 0 Å². The molecule has 8 nitrogen and oxygen atoms in total. The van der Waals surface area contributed by atoms with Gasteiger partial charge in [-0.25, -0.2) is 17.5 Å². The molecule has 0 saturated heterocycles. The van der Waals surface area contributed by atoms with Crippen LogP contribution in [0.5, 0.6) is 0 Å². The van der Waals surface area contributed by atoms with Crippen molar-refractivity contribution >= 4 is 21.6 Å². The van der Waals surface area contributed by atoms with Crippen LogP contribution in [-0.2, 0) is 10.0 Å². The summed E-state index contributed by atoms with van der Waals surface area (Å²) in [6.07, 6.45) is 3.09. The number of H-pyrrole nitrogens is 1. The fourth-order valence-corrected chi connectivity index (χ4v) is 4.00. The quantitative estimate of drug-likeness (QED) is 0.442. The predicted octanol–water partition coefficient (Wildman–Crippen LogP) is 2.41. The van der Waals surface area contributed by atoms with Crippen LogP contribution in [0.25, 0.3) is 11.3 Å². The van der Waals surface area contributed by atoms with E-state index in [4.69, 9.17) is 0 Å². The predicted molar refractivity (Wildman–Crippen MR) is 105 cm³/mol. The van der Waals surface area contributed by atoms with Gasteiger partial charge in [0.05, 0.1) is 28.0 Å². The summed E-state index contributed by atoms with van der Waals surface area (Å²) in [5.41, 5.74) is 7.13. The lowest BCUT2D eigenvalue weighted by Crippen LogP contribution is -2.29. The van der Waals surface area contributed by atoms with Crippen molar-refractivity contribution in [1.82, 2.24) is 20.3 Å². The van der Waals surface area contributed by atoms with Gasteiger partial charge in [0.2, 0.25) is 10.0 Å². The second kappa shape index (κ2) is 7.64. The molecule has 1 aliphatic rings. The van der Waals surface area contributed by atoms with Crippen LogP contribution in [0.4, 0.5) is 10.1 Å². The van der Waals surface area contributed by atoms with Crippen molar-refractivity contribution in [2.45, 2.75) is 23.8 Å². The molecule has 1 amide bonds. The molecule has 1 fully saturated rings. The molecular formula is C19H18FN5O3S. The summed E-state index contributed by atoms with van der Waals surface area (Å²) in [5, 5.41) is 6.61. The number of carbonyl (C=O) groups is 1. The Kier molecular flexibility index (Phi) is 5.03. The zero-order valence-corrected chi connectivity index (χ0v) is 16.0. The molecule has 0 atom stereocenters. The third-order valence-corrected chi connectivity index (χ3v) is 5.94. The van der Waals surface area contributed by atoms with Gasteiger partial charge in [0.15, 0.2) is 0 Å². The fraction of sp³-hybridized carbons (Fsp3) is 0.158. The van der Waals surface area contributed by atoms with Gasteiger partial charge >= 0.3 is 0 Å². The second-order valence-corrected chi connectivity index (χ2v) is 8.38. The smallest absolute Gasteiger partial charge is 0.273 e. The minimum atomic E-state index is -3.52. The zero-order chi connectivity index (χ0) is 20.4. The molecule has 4 rings (SSSR count). The van der Waals surface area contributed by atoms with E-state index in [0.717, 1.165) is 12.8 Å². The van der Waals surface area contributed by atoms with Gasteiger partial charge in [-0.1, -0.05) is 0 Å². The van der Waals surface area contributed by atoms with E-state index in [9.17, 15) is 17.6 Å². The molecule has 1 heterocycles. The average molecular weight is 415 g/mol. The van der Waals surface area contributed by atoms with Crippen molar-refractivity contribution in [1.29, 1.82) is 0 Å². The Morgan fingerprint density at radius 1 is 1.07 bits per heavy atom. The highest BCUT2D eigenvalue weighted by Crippen LogP contribution is 2.23. The maximum Gasteiger partial charge on any atom is 0.273 e. The van der Waals surface area contributed by atoms with Crippen LogP contribution in [-0.4, -0.2) is 30.6 Å².